The van der Waals surface area contributed by atoms with Gasteiger partial charge in [0.1, 0.15) is 5.25 Å². The molecule has 1 amide bonds. The lowest BCUT2D eigenvalue weighted by Gasteiger charge is -2.15. The Kier molecular flexibility index (Phi) is 6.83. The van der Waals surface area contributed by atoms with Crippen molar-refractivity contribution in [2.75, 3.05) is 5.75 Å². The van der Waals surface area contributed by atoms with E-state index in [-0.39, 0.29) is 19.3 Å². The third-order valence-electron chi connectivity index (χ3n) is 2.28. The lowest BCUT2D eigenvalue weighted by atomic mass is 10.2. The second-order valence-corrected chi connectivity index (χ2v) is 6.08. The summed E-state index contributed by atoms with van der Waals surface area (Å²) in [4.78, 5) is 11.1. The average Bonchev–Trinajstić information content (AvgIpc) is 2.30. The zero-order valence-corrected chi connectivity index (χ0v) is 10.7. The van der Waals surface area contributed by atoms with Gasteiger partial charge in [-0.15, -0.1) is 16.8 Å². The standard InChI is InChI=1S/C10H13F4NO3S/c1-2-3-4-5-8(9(16)15-14)19(17,18)7-6-10(11,12)13/h1,8H,3-7H2,(H,15,16). The van der Waals surface area contributed by atoms with Gasteiger partial charge in [-0.2, -0.15) is 18.7 Å². The van der Waals surface area contributed by atoms with E-state index in [1.165, 1.54) is 0 Å². The first-order chi connectivity index (χ1) is 8.64. The number of unbranched alkanes of at least 4 members (excludes halogenated alkanes) is 1. The van der Waals surface area contributed by atoms with Crippen LogP contribution < -0.4 is 5.54 Å². The van der Waals surface area contributed by atoms with Gasteiger partial charge in [0.2, 0.25) is 0 Å². The fourth-order valence-corrected chi connectivity index (χ4v) is 3.02. The number of hydrogen-bond donors (Lipinski definition) is 1. The molecule has 0 aliphatic rings. The van der Waals surface area contributed by atoms with E-state index in [1.54, 1.807) is 0 Å². The van der Waals surface area contributed by atoms with Crippen LogP contribution in [-0.4, -0.2) is 31.5 Å². The maximum absolute atomic E-state index is 12.0. The molecule has 1 atom stereocenters. The van der Waals surface area contributed by atoms with Crippen LogP contribution in [0.15, 0.2) is 0 Å². The number of nitrogens with one attached hydrogen (secondary N) is 1. The zero-order valence-electron chi connectivity index (χ0n) is 9.84. The minimum absolute atomic E-state index is 0.0971. The molecule has 1 N–H and O–H groups in total. The number of amides is 1. The largest absolute Gasteiger partial charge is 0.390 e. The molecule has 19 heavy (non-hydrogen) atoms. The Bertz CT molecular complexity index is 439. The molecular formula is C10H13F4NO3S. The molecule has 0 aromatic carbocycles. The highest BCUT2D eigenvalue weighted by Gasteiger charge is 2.36. The van der Waals surface area contributed by atoms with E-state index in [0.717, 1.165) is 0 Å². The smallest absolute Gasteiger partial charge is 0.271 e. The summed E-state index contributed by atoms with van der Waals surface area (Å²) in [7, 11) is -4.39. The van der Waals surface area contributed by atoms with E-state index in [4.69, 9.17) is 6.42 Å². The van der Waals surface area contributed by atoms with Crippen LogP contribution in [0, 0.1) is 12.3 Å². The number of halogens is 4. The van der Waals surface area contributed by atoms with Crippen molar-refractivity contribution < 1.29 is 30.9 Å². The molecule has 0 aromatic rings. The van der Waals surface area contributed by atoms with Gasteiger partial charge in [-0.1, -0.05) is 0 Å². The van der Waals surface area contributed by atoms with Crippen LogP contribution in [0.2, 0.25) is 0 Å². The Morgan fingerprint density at radius 3 is 2.37 bits per heavy atom. The van der Waals surface area contributed by atoms with Gasteiger partial charge < -0.3 is 0 Å². The first-order valence-corrected chi connectivity index (χ1v) is 6.98. The van der Waals surface area contributed by atoms with Crippen molar-refractivity contribution in [2.45, 2.75) is 37.1 Å². The summed E-state index contributed by atoms with van der Waals surface area (Å²) in [6, 6.07) is 0. The summed E-state index contributed by atoms with van der Waals surface area (Å²) in [5, 5.41) is -1.85. The molecule has 110 valence electrons. The third-order valence-corrected chi connectivity index (χ3v) is 4.37. The van der Waals surface area contributed by atoms with Crippen molar-refractivity contribution in [1.29, 1.82) is 0 Å². The summed E-state index contributed by atoms with van der Waals surface area (Å²) < 4.78 is 71.1. The zero-order chi connectivity index (χ0) is 15.1. The summed E-state index contributed by atoms with van der Waals surface area (Å²) in [5.74, 6) is -0.545. The highest BCUT2D eigenvalue weighted by atomic mass is 32.2. The van der Waals surface area contributed by atoms with Gasteiger partial charge in [0.05, 0.1) is 12.2 Å². The van der Waals surface area contributed by atoms with Crippen LogP contribution in [0.3, 0.4) is 0 Å². The Morgan fingerprint density at radius 2 is 1.95 bits per heavy atom. The van der Waals surface area contributed by atoms with Crippen LogP contribution in [-0.2, 0) is 14.6 Å². The maximum Gasteiger partial charge on any atom is 0.390 e. The summed E-state index contributed by atoms with van der Waals surface area (Å²) in [5.41, 5.74) is 0.644. The lowest BCUT2D eigenvalue weighted by Crippen LogP contribution is -2.38. The molecule has 0 aliphatic heterocycles. The predicted molar refractivity (Wildman–Crippen MR) is 60.2 cm³/mol. The SMILES string of the molecule is C#CCCCC(C(=O)NF)S(=O)(=O)CCC(F)(F)F. The second kappa shape index (κ2) is 7.33. The van der Waals surface area contributed by atoms with Gasteiger partial charge in [0.25, 0.3) is 5.91 Å². The number of sulfone groups is 1. The minimum Gasteiger partial charge on any atom is -0.271 e. The van der Waals surface area contributed by atoms with Crippen molar-refractivity contribution in [3.63, 3.8) is 0 Å². The molecule has 0 saturated heterocycles. The number of hydrogen-bond acceptors (Lipinski definition) is 3. The van der Waals surface area contributed by atoms with Crippen LogP contribution in [0.5, 0.6) is 0 Å². The van der Waals surface area contributed by atoms with Crippen molar-refractivity contribution in [3.05, 3.63) is 0 Å². The summed E-state index contributed by atoms with van der Waals surface area (Å²) >= 11 is 0. The Morgan fingerprint density at radius 1 is 1.37 bits per heavy atom. The van der Waals surface area contributed by atoms with E-state index in [1.807, 2.05) is 0 Å². The quantitative estimate of drug-likeness (QED) is 0.336. The molecule has 0 spiro atoms. The van der Waals surface area contributed by atoms with E-state index in [2.05, 4.69) is 5.92 Å². The normalized spacial score (nSPS) is 13.6. The number of alkyl halides is 3. The second-order valence-electron chi connectivity index (χ2n) is 3.78. The monoisotopic (exact) mass is 303 g/mol. The molecule has 0 saturated carbocycles. The molecule has 9 heteroatoms. The topological polar surface area (TPSA) is 63.2 Å². The molecule has 0 rings (SSSR count). The van der Waals surface area contributed by atoms with E-state index in [9.17, 15) is 30.9 Å². The van der Waals surface area contributed by atoms with E-state index >= 15 is 0 Å². The van der Waals surface area contributed by atoms with Crippen molar-refractivity contribution in [2.24, 2.45) is 0 Å². The fourth-order valence-electron chi connectivity index (χ4n) is 1.32. The predicted octanol–water partition coefficient (Wildman–Crippen LogP) is 1.53. The van der Waals surface area contributed by atoms with Gasteiger partial charge in [-0.25, -0.2) is 8.42 Å². The average molecular weight is 303 g/mol. The van der Waals surface area contributed by atoms with Crippen molar-refractivity contribution >= 4 is 15.7 Å². The first-order valence-electron chi connectivity index (χ1n) is 5.26. The minimum atomic E-state index is -4.66. The number of carbonyl (C=O) groups is 1. The van der Waals surface area contributed by atoms with Gasteiger partial charge in [-0.05, 0) is 12.8 Å². The number of carbonyl (C=O) groups excluding carboxylic acids is 1. The highest BCUT2D eigenvalue weighted by molar-refractivity contribution is 7.92. The first kappa shape index (κ1) is 17.7. The van der Waals surface area contributed by atoms with Crippen LogP contribution in [0.25, 0.3) is 0 Å². The molecule has 0 radical (unpaired) electrons. The van der Waals surface area contributed by atoms with E-state index < -0.39 is 39.3 Å². The molecule has 0 fully saturated rings. The van der Waals surface area contributed by atoms with Gasteiger partial charge >= 0.3 is 6.18 Å². The van der Waals surface area contributed by atoms with Crippen molar-refractivity contribution in [1.82, 2.24) is 5.54 Å². The number of terminal acetylenes is 1. The molecule has 0 heterocycles. The van der Waals surface area contributed by atoms with E-state index in [0.29, 0.717) is 5.54 Å². The highest BCUT2D eigenvalue weighted by Crippen LogP contribution is 2.22. The molecule has 0 aromatic heterocycles. The summed E-state index contributed by atoms with van der Waals surface area (Å²) in [6.07, 6.45) is -1.40. The molecule has 1 unspecified atom stereocenters. The Hall–Kier alpha value is -1.30. The fraction of sp³-hybridized carbons (Fsp3) is 0.700. The molecule has 0 aliphatic carbocycles. The maximum atomic E-state index is 12.0. The van der Waals surface area contributed by atoms with Crippen LogP contribution in [0.1, 0.15) is 25.7 Å². The Balaban J connectivity index is 4.83. The Labute approximate surface area is 108 Å². The van der Waals surface area contributed by atoms with Gasteiger partial charge in [0.15, 0.2) is 9.84 Å². The van der Waals surface area contributed by atoms with Crippen LogP contribution in [0.4, 0.5) is 17.7 Å². The molecule has 0 bridgehead atoms. The van der Waals surface area contributed by atoms with Crippen molar-refractivity contribution in [3.8, 4) is 12.3 Å². The van der Waals surface area contributed by atoms with Crippen LogP contribution >= 0.6 is 0 Å². The third kappa shape index (κ3) is 7.00. The lowest BCUT2D eigenvalue weighted by molar-refractivity contribution is -0.130. The van der Waals surface area contributed by atoms with Gasteiger partial charge in [0, 0.05) is 6.42 Å². The number of rotatable bonds is 7. The van der Waals surface area contributed by atoms with Gasteiger partial charge in [-0.3, -0.25) is 4.79 Å². The summed E-state index contributed by atoms with van der Waals surface area (Å²) in [6.45, 7) is 0. The molecular weight excluding hydrogens is 290 g/mol. The molecule has 4 nitrogen and oxygen atoms in total.